The SMILES string of the molecule is Cc1ccc(-c2cc(F)c(C(F)(F)Oc3cc(F)c(F)c(F)c3)c(F)c2)cc1.Cc1ccc(-c2ccc(-c3cc(F)c(F)c(F)c3)c(F)c2)cc1.Cc1ccc(-c2ccc(-c3ccc(-c4cc(F)c(F)c(F)c4)c(F)c3)cc2)cc1. The molecule has 1 nitrogen and oxygen atoms in total. The maximum Gasteiger partial charge on any atom is 0.432 e. The molecule has 0 fully saturated rings. The molecule has 0 amide bonds. The van der Waals surface area contributed by atoms with Gasteiger partial charge in [-0.2, -0.15) is 8.78 Å². The van der Waals surface area contributed by atoms with E-state index < -0.39 is 93.0 Å². The molecule has 0 N–H and O–H groups in total. The third-order valence-corrected chi connectivity index (χ3v) is 12.4. The standard InChI is InChI=1S/C25H16F4.C20H11F7O.C19H12F4/c1-15-2-4-16(5-3-15)17-6-8-18(9-7-17)19-10-11-21(22(26)12-19)20-13-23(27)25(29)24(28)14-20;1-10-2-4-11(5-3-10)12-6-14(21)18(15(22)7-12)20(26,27)28-13-8-16(23)19(25)17(24)9-13;1-11-2-4-12(5-3-11)13-6-7-15(16(20)8-13)14-9-17(21)19(23)18(22)10-14/h2-14H,1H3;2-9H,1H3;2-10H,1H3. The number of halogens is 15. The number of aryl methyl sites for hydroxylation is 3. The van der Waals surface area contributed by atoms with Crippen molar-refractivity contribution >= 4 is 0 Å². The van der Waals surface area contributed by atoms with Crippen molar-refractivity contribution in [2.75, 3.05) is 0 Å². The molecular formula is C64H39F15O. The highest BCUT2D eigenvalue weighted by Gasteiger charge is 2.41. The molecule has 406 valence electrons. The summed E-state index contributed by atoms with van der Waals surface area (Å²) >= 11 is 0. The van der Waals surface area contributed by atoms with Crippen LogP contribution in [-0.4, -0.2) is 0 Å². The molecule has 0 aliphatic heterocycles. The third kappa shape index (κ3) is 13.1. The van der Waals surface area contributed by atoms with E-state index in [0.29, 0.717) is 28.8 Å². The smallest absolute Gasteiger partial charge is 0.429 e. The molecule has 0 radical (unpaired) electrons. The summed E-state index contributed by atoms with van der Waals surface area (Å²) in [5.41, 5.74) is 6.77. The summed E-state index contributed by atoms with van der Waals surface area (Å²) in [6, 6.07) is 43.4. The van der Waals surface area contributed by atoms with Gasteiger partial charge in [0.05, 0.1) is 0 Å². The van der Waals surface area contributed by atoms with Crippen LogP contribution in [0.3, 0.4) is 0 Å². The van der Waals surface area contributed by atoms with Crippen LogP contribution in [0.4, 0.5) is 65.9 Å². The Kier molecular flexibility index (Phi) is 17.1. The first-order chi connectivity index (χ1) is 38.0. The molecule has 0 saturated heterocycles. The fourth-order valence-electron chi connectivity index (χ4n) is 8.18. The molecule has 0 aliphatic rings. The average Bonchev–Trinajstić information content (AvgIpc) is 3.49. The molecule has 0 aliphatic carbocycles. The van der Waals surface area contributed by atoms with E-state index in [-0.39, 0.29) is 39.9 Å². The molecule has 0 saturated carbocycles. The highest BCUT2D eigenvalue weighted by atomic mass is 19.3. The first-order valence-electron chi connectivity index (χ1n) is 23.9. The summed E-state index contributed by atoms with van der Waals surface area (Å²) in [6.45, 7) is 5.78. The molecule has 0 heterocycles. The van der Waals surface area contributed by atoms with Crippen molar-refractivity contribution in [2.24, 2.45) is 0 Å². The molecule has 10 aromatic rings. The van der Waals surface area contributed by atoms with Crippen LogP contribution in [-0.2, 0) is 6.11 Å². The van der Waals surface area contributed by atoms with Crippen LogP contribution in [0.15, 0.2) is 182 Å². The van der Waals surface area contributed by atoms with Crippen molar-refractivity contribution in [3.63, 3.8) is 0 Å². The van der Waals surface area contributed by atoms with Crippen molar-refractivity contribution in [2.45, 2.75) is 26.9 Å². The first-order valence-corrected chi connectivity index (χ1v) is 23.9. The maximum absolute atomic E-state index is 14.6. The van der Waals surface area contributed by atoms with Gasteiger partial charge in [-0.05, 0) is 125 Å². The quantitative estimate of drug-likeness (QED) is 0.103. The molecule has 10 aromatic carbocycles. The second-order valence-corrected chi connectivity index (χ2v) is 18.2. The van der Waals surface area contributed by atoms with Crippen LogP contribution in [0.2, 0.25) is 0 Å². The van der Waals surface area contributed by atoms with Crippen LogP contribution in [0.1, 0.15) is 22.3 Å². The second kappa shape index (κ2) is 23.9. The van der Waals surface area contributed by atoms with Crippen molar-refractivity contribution in [3.05, 3.63) is 280 Å². The lowest BCUT2D eigenvalue weighted by Gasteiger charge is -2.20. The van der Waals surface area contributed by atoms with Gasteiger partial charge in [0, 0.05) is 23.3 Å². The Morgan fingerprint density at radius 3 is 0.800 bits per heavy atom. The van der Waals surface area contributed by atoms with Gasteiger partial charge in [-0.25, -0.2) is 57.1 Å². The van der Waals surface area contributed by atoms with Gasteiger partial charge in [0.25, 0.3) is 0 Å². The fourth-order valence-corrected chi connectivity index (χ4v) is 8.18. The lowest BCUT2D eigenvalue weighted by molar-refractivity contribution is -0.189. The third-order valence-electron chi connectivity index (χ3n) is 12.4. The summed E-state index contributed by atoms with van der Waals surface area (Å²) < 4.78 is 209. The summed E-state index contributed by atoms with van der Waals surface area (Å²) in [7, 11) is 0. The molecule has 80 heavy (non-hydrogen) atoms. The van der Waals surface area contributed by atoms with E-state index in [1.807, 2.05) is 86.6 Å². The minimum atomic E-state index is -4.61. The van der Waals surface area contributed by atoms with Crippen molar-refractivity contribution < 1.29 is 70.6 Å². The zero-order valence-corrected chi connectivity index (χ0v) is 41.9. The van der Waals surface area contributed by atoms with E-state index >= 15 is 0 Å². The van der Waals surface area contributed by atoms with E-state index in [2.05, 4.69) is 4.74 Å². The molecule has 0 bridgehead atoms. The summed E-state index contributed by atoms with van der Waals surface area (Å²) in [6.07, 6.45) is -4.61. The number of benzene rings is 10. The molecular weight excluding hydrogens is 1070 g/mol. The maximum atomic E-state index is 14.6. The highest BCUT2D eigenvalue weighted by Crippen LogP contribution is 2.39. The molecule has 16 heteroatoms. The number of rotatable bonds is 9. The fraction of sp³-hybridized carbons (Fsp3) is 0.0625. The topological polar surface area (TPSA) is 9.23 Å². The lowest BCUT2D eigenvalue weighted by Crippen LogP contribution is -2.25. The van der Waals surface area contributed by atoms with Gasteiger partial charge >= 0.3 is 6.11 Å². The van der Waals surface area contributed by atoms with Crippen LogP contribution < -0.4 is 4.74 Å². The van der Waals surface area contributed by atoms with Crippen LogP contribution in [0.25, 0.3) is 66.8 Å². The molecule has 0 spiro atoms. The Bertz CT molecular complexity index is 3790. The molecule has 0 unspecified atom stereocenters. The Labute approximate surface area is 448 Å². The van der Waals surface area contributed by atoms with Gasteiger partial charge in [-0.3, -0.25) is 0 Å². The van der Waals surface area contributed by atoms with Crippen molar-refractivity contribution in [1.29, 1.82) is 0 Å². The highest BCUT2D eigenvalue weighted by molar-refractivity contribution is 5.75. The van der Waals surface area contributed by atoms with Gasteiger partial charge in [0.2, 0.25) is 0 Å². The largest absolute Gasteiger partial charge is 0.432 e. The summed E-state index contributed by atoms with van der Waals surface area (Å²) in [5, 5.41) is 0. The predicted molar refractivity (Wildman–Crippen MR) is 277 cm³/mol. The predicted octanol–water partition coefficient (Wildman–Crippen LogP) is 19.9. The Hall–Kier alpha value is -9.05. The van der Waals surface area contributed by atoms with E-state index in [1.54, 1.807) is 43.3 Å². The molecule has 0 aromatic heterocycles. The van der Waals surface area contributed by atoms with E-state index in [0.717, 1.165) is 57.6 Å². The Morgan fingerprint density at radius 2 is 0.487 bits per heavy atom. The minimum Gasteiger partial charge on any atom is -0.429 e. The van der Waals surface area contributed by atoms with Gasteiger partial charge in [0.15, 0.2) is 52.4 Å². The van der Waals surface area contributed by atoms with Crippen LogP contribution >= 0.6 is 0 Å². The lowest BCUT2D eigenvalue weighted by atomic mass is 9.97. The Balaban J connectivity index is 0.000000159. The van der Waals surface area contributed by atoms with Gasteiger partial charge in [0.1, 0.15) is 34.6 Å². The summed E-state index contributed by atoms with van der Waals surface area (Å²) in [5.74, 6) is -19.7. The number of hydrogen-bond acceptors (Lipinski definition) is 1. The summed E-state index contributed by atoms with van der Waals surface area (Å²) in [4.78, 5) is 0. The minimum absolute atomic E-state index is 0.00262. The Morgan fingerprint density at radius 1 is 0.250 bits per heavy atom. The van der Waals surface area contributed by atoms with Crippen molar-refractivity contribution in [1.82, 2.24) is 0 Å². The average molecular weight is 1110 g/mol. The van der Waals surface area contributed by atoms with Gasteiger partial charge < -0.3 is 4.74 Å². The number of ether oxygens (including phenoxy) is 1. The van der Waals surface area contributed by atoms with Crippen molar-refractivity contribution in [3.8, 4) is 72.5 Å². The van der Waals surface area contributed by atoms with Gasteiger partial charge in [-0.1, -0.05) is 138 Å². The first kappa shape index (κ1) is 57.1. The van der Waals surface area contributed by atoms with E-state index in [4.69, 9.17) is 0 Å². The van der Waals surface area contributed by atoms with Gasteiger partial charge in [-0.15, -0.1) is 0 Å². The monoisotopic (exact) mass is 1110 g/mol. The van der Waals surface area contributed by atoms with E-state index in [1.165, 1.54) is 29.8 Å². The van der Waals surface area contributed by atoms with E-state index in [9.17, 15) is 65.9 Å². The molecule has 0 atom stereocenters. The number of hydrogen-bond donors (Lipinski definition) is 0. The zero-order chi connectivity index (χ0) is 57.7. The second-order valence-electron chi connectivity index (χ2n) is 18.2. The van der Waals surface area contributed by atoms with Crippen LogP contribution in [0.5, 0.6) is 5.75 Å². The number of alkyl halides is 2. The van der Waals surface area contributed by atoms with Crippen LogP contribution in [0, 0.1) is 96.4 Å². The molecule has 10 rings (SSSR count). The normalized spacial score (nSPS) is 11.1. The zero-order valence-electron chi connectivity index (χ0n) is 41.9.